The zero-order valence-corrected chi connectivity index (χ0v) is 12.4. The fraction of sp³-hybridized carbons (Fsp3) is 0.500. The molecule has 1 N–H and O–H groups in total. The molecular weight excluding hydrogens is 244 g/mol. The number of ether oxygens (including phenoxy) is 1. The van der Waals surface area contributed by atoms with Gasteiger partial charge in [0.15, 0.2) is 4.77 Å². The first kappa shape index (κ1) is 13.1. The van der Waals surface area contributed by atoms with Crippen LogP contribution in [0.2, 0.25) is 0 Å². The Morgan fingerprint density at radius 3 is 2.56 bits per heavy atom. The number of H-pyrrole nitrogens is 1. The number of aromatic amines is 1. The lowest BCUT2D eigenvalue weighted by atomic mass is 9.88. The van der Waals surface area contributed by atoms with Gasteiger partial charge in [0, 0.05) is 12.1 Å². The highest BCUT2D eigenvalue weighted by molar-refractivity contribution is 7.71. The number of fused-ring (bicyclic) bond motifs is 1. The topological polar surface area (TPSA) is 29.9 Å². The van der Waals surface area contributed by atoms with Crippen LogP contribution < -0.4 is 4.74 Å². The Hall–Kier alpha value is -1.29. The van der Waals surface area contributed by atoms with Crippen LogP contribution in [-0.2, 0) is 0 Å². The SMILES string of the molecule is COc1ccc2c(c1)[nH]c(=S)n2C(C)C(C)(C)C. The molecule has 1 aromatic carbocycles. The summed E-state index contributed by atoms with van der Waals surface area (Å²) < 4.78 is 8.19. The predicted octanol–water partition coefficient (Wildman–Crippen LogP) is 4.31. The van der Waals surface area contributed by atoms with Gasteiger partial charge in [-0.1, -0.05) is 20.8 Å². The molecule has 0 saturated heterocycles. The molecule has 1 heterocycles. The predicted molar refractivity (Wildman–Crippen MR) is 77.8 cm³/mol. The van der Waals surface area contributed by atoms with Crippen molar-refractivity contribution >= 4 is 23.3 Å². The van der Waals surface area contributed by atoms with Gasteiger partial charge in [0.1, 0.15) is 5.75 Å². The molecule has 0 radical (unpaired) electrons. The molecule has 0 aliphatic rings. The monoisotopic (exact) mass is 264 g/mol. The quantitative estimate of drug-likeness (QED) is 0.819. The van der Waals surface area contributed by atoms with Gasteiger partial charge >= 0.3 is 0 Å². The van der Waals surface area contributed by atoms with Crippen molar-refractivity contribution in [2.45, 2.75) is 33.7 Å². The van der Waals surface area contributed by atoms with Crippen LogP contribution in [0, 0.1) is 10.2 Å². The molecule has 3 nitrogen and oxygen atoms in total. The average molecular weight is 264 g/mol. The van der Waals surface area contributed by atoms with Gasteiger partial charge in [-0.25, -0.2) is 0 Å². The van der Waals surface area contributed by atoms with Gasteiger partial charge in [0.05, 0.1) is 18.1 Å². The van der Waals surface area contributed by atoms with Crippen molar-refractivity contribution < 1.29 is 4.74 Å². The molecule has 2 aromatic rings. The molecule has 0 amide bonds. The maximum atomic E-state index is 5.44. The molecule has 0 aliphatic carbocycles. The number of benzene rings is 1. The van der Waals surface area contributed by atoms with E-state index < -0.39 is 0 Å². The summed E-state index contributed by atoms with van der Waals surface area (Å²) in [5.41, 5.74) is 2.31. The van der Waals surface area contributed by atoms with Gasteiger partial charge in [0.25, 0.3) is 0 Å². The Labute approximate surface area is 113 Å². The Morgan fingerprint density at radius 2 is 2.00 bits per heavy atom. The second-order valence-corrected chi connectivity index (χ2v) is 6.11. The molecule has 0 spiro atoms. The summed E-state index contributed by atoms with van der Waals surface area (Å²) in [6.07, 6.45) is 0. The Balaban J connectivity index is 2.65. The van der Waals surface area contributed by atoms with Crippen molar-refractivity contribution in [2.75, 3.05) is 7.11 Å². The number of aromatic nitrogens is 2. The van der Waals surface area contributed by atoms with Crippen LogP contribution in [0.15, 0.2) is 18.2 Å². The van der Waals surface area contributed by atoms with Crippen LogP contribution in [0.4, 0.5) is 0 Å². The summed E-state index contributed by atoms with van der Waals surface area (Å²) in [6.45, 7) is 8.87. The molecule has 2 rings (SSSR count). The van der Waals surface area contributed by atoms with E-state index in [2.05, 4.69) is 43.3 Å². The summed E-state index contributed by atoms with van der Waals surface area (Å²) >= 11 is 5.44. The van der Waals surface area contributed by atoms with Gasteiger partial charge in [0.2, 0.25) is 0 Å². The highest BCUT2D eigenvalue weighted by Crippen LogP contribution is 2.33. The Morgan fingerprint density at radius 1 is 1.33 bits per heavy atom. The van der Waals surface area contributed by atoms with Gasteiger partial charge in [-0.3, -0.25) is 0 Å². The standard InChI is InChI=1S/C14H20N2OS/c1-9(14(2,3)4)16-12-7-6-10(17-5)8-11(12)15-13(16)18/h6-9H,1-5H3,(H,15,18). The molecule has 0 bridgehead atoms. The highest BCUT2D eigenvalue weighted by Gasteiger charge is 2.23. The van der Waals surface area contributed by atoms with Crippen LogP contribution in [0.5, 0.6) is 5.75 Å². The molecule has 4 heteroatoms. The number of nitrogens with zero attached hydrogens (tertiary/aromatic N) is 1. The fourth-order valence-electron chi connectivity index (χ4n) is 2.01. The number of imidazole rings is 1. The number of hydrogen-bond acceptors (Lipinski definition) is 2. The molecule has 1 unspecified atom stereocenters. The third kappa shape index (κ3) is 2.17. The van der Waals surface area contributed by atoms with Crippen LogP contribution >= 0.6 is 12.2 Å². The van der Waals surface area contributed by atoms with Gasteiger partial charge in [-0.15, -0.1) is 0 Å². The van der Waals surface area contributed by atoms with E-state index in [1.165, 1.54) is 0 Å². The van der Waals surface area contributed by atoms with Crippen molar-refractivity contribution in [3.8, 4) is 5.75 Å². The van der Waals surface area contributed by atoms with Crippen molar-refractivity contribution in [1.82, 2.24) is 9.55 Å². The van der Waals surface area contributed by atoms with E-state index in [0.29, 0.717) is 6.04 Å². The lowest BCUT2D eigenvalue weighted by Crippen LogP contribution is -2.21. The largest absolute Gasteiger partial charge is 0.497 e. The van der Waals surface area contributed by atoms with E-state index in [0.717, 1.165) is 21.6 Å². The van der Waals surface area contributed by atoms with Crippen molar-refractivity contribution in [1.29, 1.82) is 0 Å². The van der Waals surface area contributed by atoms with E-state index in [-0.39, 0.29) is 5.41 Å². The van der Waals surface area contributed by atoms with E-state index in [9.17, 15) is 0 Å². The van der Waals surface area contributed by atoms with E-state index in [1.807, 2.05) is 12.1 Å². The average Bonchev–Trinajstić information content (AvgIpc) is 2.61. The van der Waals surface area contributed by atoms with E-state index in [4.69, 9.17) is 17.0 Å². The number of hydrogen-bond donors (Lipinski definition) is 1. The van der Waals surface area contributed by atoms with Crippen molar-refractivity contribution in [3.63, 3.8) is 0 Å². The molecule has 0 saturated carbocycles. The lowest BCUT2D eigenvalue weighted by Gasteiger charge is -2.29. The van der Waals surface area contributed by atoms with E-state index in [1.54, 1.807) is 7.11 Å². The minimum Gasteiger partial charge on any atom is -0.497 e. The van der Waals surface area contributed by atoms with Crippen LogP contribution in [0.3, 0.4) is 0 Å². The van der Waals surface area contributed by atoms with Gasteiger partial charge in [-0.2, -0.15) is 0 Å². The molecule has 0 aliphatic heterocycles. The first-order valence-electron chi connectivity index (χ1n) is 6.13. The summed E-state index contributed by atoms with van der Waals surface area (Å²) in [5.74, 6) is 0.842. The number of methoxy groups -OCH3 is 1. The smallest absolute Gasteiger partial charge is 0.178 e. The van der Waals surface area contributed by atoms with Crippen LogP contribution in [-0.4, -0.2) is 16.7 Å². The zero-order chi connectivity index (χ0) is 13.5. The normalized spacial score (nSPS) is 13.8. The minimum absolute atomic E-state index is 0.160. The second-order valence-electron chi connectivity index (χ2n) is 5.73. The molecule has 98 valence electrons. The molecular formula is C14H20N2OS. The van der Waals surface area contributed by atoms with E-state index >= 15 is 0 Å². The third-order valence-electron chi connectivity index (χ3n) is 3.56. The fourth-order valence-corrected chi connectivity index (χ4v) is 2.38. The summed E-state index contributed by atoms with van der Waals surface area (Å²) in [4.78, 5) is 3.25. The molecule has 1 aromatic heterocycles. The molecule has 0 fully saturated rings. The Bertz CT molecular complexity index is 619. The summed E-state index contributed by atoms with van der Waals surface area (Å²) in [5, 5.41) is 0. The number of nitrogens with one attached hydrogen (secondary N) is 1. The van der Waals surface area contributed by atoms with Gasteiger partial charge in [-0.05, 0) is 36.7 Å². The first-order chi connectivity index (χ1) is 8.34. The minimum atomic E-state index is 0.160. The van der Waals surface area contributed by atoms with Crippen molar-refractivity contribution in [2.24, 2.45) is 5.41 Å². The maximum Gasteiger partial charge on any atom is 0.178 e. The maximum absolute atomic E-state index is 5.44. The van der Waals surface area contributed by atoms with Crippen molar-refractivity contribution in [3.05, 3.63) is 23.0 Å². The molecule has 18 heavy (non-hydrogen) atoms. The third-order valence-corrected chi connectivity index (χ3v) is 3.86. The van der Waals surface area contributed by atoms with Gasteiger partial charge < -0.3 is 14.3 Å². The zero-order valence-electron chi connectivity index (χ0n) is 11.6. The summed E-state index contributed by atoms with van der Waals surface area (Å²) in [7, 11) is 1.67. The number of rotatable bonds is 2. The summed E-state index contributed by atoms with van der Waals surface area (Å²) in [6, 6.07) is 6.34. The highest BCUT2D eigenvalue weighted by atomic mass is 32.1. The lowest BCUT2D eigenvalue weighted by molar-refractivity contribution is 0.265. The van der Waals surface area contributed by atoms with Crippen LogP contribution in [0.1, 0.15) is 33.7 Å². The molecule has 1 atom stereocenters. The second kappa shape index (κ2) is 4.43. The Kier molecular flexibility index (Phi) is 3.23. The first-order valence-corrected chi connectivity index (χ1v) is 6.53. The van der Waals surface area contributed by atoms with Crippen LogP contribution in [0.25, 0.3) is 11.0 Å².